The van der Waals surface area contributed by atoms with Crippen molar-refractivity contribution >= 4 is 0 Å². The first kappa shape index (κ1) is 13.4. The Bertz CT molecular complexity index is 414. The summed E-state index contributed by atoms with van der Waals surface area (Å²) in [5.41, 5.74) is 0.459. The molecule has 0 spiro atoms. The molecule has 0 amide bonds. The van der Waals surface area contributed by atoms with Crippen LogP contribution in [0.3, 0.4) is 0 Å². The molecule has 0 radical (unpaired) electrons. The number of nitrogens with zero attached hydrogens (tertiary/aromatic N) is 1. The predicted octanol–water partition coefficient (Wildman–Crippen LogP) is 1.29. The van der Waals surface area contributed by atoms with Crippen molar-refractivity contribution in [3.63, 3.8) is 0 Å². The predicted molar refractivity (Wildman–Crippen MR) is 65.2 cm³/mol. The molecule has 1 fully saturated rings. The van der Waals surface area contributed by atoms with Gasteiger partial charge in [-0.2, -0.15) is 0 Å². The molecule has 3 nitrogen and oxygen atoms in total. The number of hydrogen-bond acceptors (Lipinski definition) is 3. The summed E-state index contributed by atoms with van der Waals surface area (Å²) in [7, 11) is 1.75. The van der Waals surface area contributed by atoms with Gasteiger partial charge in [0.25, 0.3) is 0 Å². The van der Waals surface area contributed by atoms with Crippen LogP contribution in [0.4, 0.5) is 8.78 Å². The Balaban J connectivity index is 2.08. The molecule has 1 heterocycles. The molecule has 2 atom stereocenters. The van der Waals surface area contributed by atoms with Crippen molar-refractivity contribution in [2.75, 3.05) is 26.7 Å². The van der Waals surface area contributed by atoms with E-state index in [-0.39, 0.29) is 12.1 Å². The SMILES string of the molecule is CN[C@H](CN1CC[C@H](O)C1)c1ccc(F)cc1F. The summed E-state index contributed by atoms with van der Waals surface area (Å²) >= 11 is 0. The zero-order chi connectivity index (χ0) is 13.1. The summed E-state index contributed by atoms with van der Waals surface area (Å²) in [5, 5.41) is 12.5. The zero-order valence-electron chi connectivity index (χ0n) is 10.4. The molecule has 5 heteroatoms. The highest BCUT2D eigenvalue weighted by molar-refractivity contribution is 5.22. The Morgan fingerprint density at radius 1 is 1.50 bits per heavy atom. The molecule has 0 saturated carbocycles. The van der Waals surface area contributed by atoms with E-state index >= 15 is 0 Å². The second-order valence-corrected chi connectivity index (χ2v) is 4.71. The normalized spacial score (nSPS) is 22.3. The standard InChI is InChI=1S/C13H18F2N2O/c1-16-13(8-17-5-4-10(18)7-17)11-3-2-9(14)6-12(11)15/h2-3,6,10,13,16,18H,4-5,7-8H2,1H3/t10-,13+/m0/s1. The number of likely N-dealkylation sites (N-methyl/N-ethyl adjacent to an activating group) is 1. The highest BCUT2D eigenvalue weighted by atomic mass is 19.1. The van der Waals surface area contributed by atoms with Crippen LogP contribution >= 0.6 is 0 Å². The smallest absolute Gasteiger partial charge is 0.130 e. The van der Waals surface area contributed by atoms with Gasteiger partial charge in [0.1, 0.15) is 11.6 Å². The molecule has 2 N–H and O–H groups in total. The molecule has 1 aromatic rings. The Morgan fingerprint density at radius 3 is 2.83 bits per heavy atom. The number of nitrogens with one attached hydrogen (secondary N) is 1. The van der Waals surface area contributed by atoms with Crippen LogP contribution in [0.1, 0.15) is 18.0 Å². The minimum atomic E-state index is -0.567. The van der Waals surface area contributed by atoms with Crippen LogP contribution < -0.4 is 5.32 Å². The number of halogens is 2. The Labute approximate surface area is 105 Å². The lowest BCUT2D eigenvalue weighted by Crippen LogP contribution is -2.33. The van der Waals surface area contributed by atoms with Crippen LogP contribution in [0, 0.1) is 11.6 Å². The number of benzene rings is 1. The van der Waals surface area contributed by atoms with Crippen molar-refractivity contribution in [1.82, 2.24) is 10.2 Å². The lowest BCUT2D eigenvalue weighted by Gasteiger charge is -2.23. The second kappa shape index (κ2) is 5.73. The van der Waals surface area contributed by atoms with Gasteiger partial charge in [-0.1, -0.05) is 6.07 Å². The molecule has 100 valence electrons. The first-order valence-corrected chi connectivity index (χ1v) is 6.12. The number of rotatable bonds is 4. The highest BCUT2D eigenvalue weighted by Gasteiger charge is 2.24. The van der Waals surface area contributed by atoms with Crippen LogP contribution in [0.2, 0.25) is 0 Å². The van der Waals surface area contributed by atoms with Gasteiger partial charge in [0.05, 0.1) is 6.10 Å². The second-order valence-electron chi connectivity index (χ2n) is 4.71. The van der Waals surface area contributed by atoms with Gasteiger partial charge >= 0.3 is 0 Å². The van der Waals surface area contributed by atoms with Crippen LogP contribution in [-0.4, -0.2) is 42.8 Å². The average molecular weight is 256 g/mol. The molecule has 0 bridgehead atoms. The highest BCUT2D eigenvalue weighted by Crippen LogP contribution is 2.21. The third-order valence-electron chi connectivity index (χ3n) is 3.37. The summed E-state index contributed by atoms with van der Waals surface area (Å²) in [4.78, 5) is 2.08. The number of likely N-dealkylation sites (tertiary alicyclic amines) is 1. The van der Waals surface area contributed by atoms with E-state index in [2.05, 4.69) is 10.2 Å². The maximum atomic E-state index is 13.7. The van der Waals surface area contributed by atoms with E-state index in [4.69, 9.17) is 0 Å². The minimum Gasteiger partial charge on any atom is -0.392 e. The summed E-state index contributed by atoms with van der Waals surface area (Å²) in [6, 6.07) is 3.44. The van der Waals surface area contributed by atoms with E-state index in [1.54, 1.807) is 7.05 Å². The molecule has 18 heavy (non-hydrogen) atoms. The maximum Gasteiger partial charge on any atom is 0.130 e. The molecular weight excluding hydrogens is 238 g/mol. The quantitative estimate of drug-likeness (QED) is 0.852. The fourth-order valence-electron chi connectivity index (χ4n) is 2.37. The number of hydrogen-bond donors (Lipinski definition) is 2. The lowest BCUT2D eigenvalue weighted by atomic mass is 10.1. The van der Waals surface area contributed by atoms with Crippen molar-refractivity contribution in [3.05, 3.63) is 35.4 Å². The van der Waals surface area contributed by atoms with Crippen LogP contribution in [0.25, 0.3) is 0 Å². The Kier molecular flexibility index (Phi) is 4.27. The number of aliphatic hydroxyl groups excluding tert-OH is 1. The monoisotopic (exact) mass is 256 g/mol. The molecule has 1 saturated heterocycles. The fourth-order valence-corrected chi connectivity index (χ4v) is 2.37. The molecule has 1 aliphatic heterocycles. The molecule has 2 rings (SSSR count). The van der Waals surface area contributed by atoms with Crippen molar-refractivity contribution in [2.45, 2.75) is 18.6 Å². The van der Waals surface area contributed by atoms with Gasteiger partial charge in [0.2, 0.25) is 0 Å². The van der Waals surface area contributed by atoms with Crippen LogP contribution in [0.15, 0.2) is 18.2 Å². The van der Waals surface area contributed by atoms with Gasteiger partial charge < -0.3 is 10.4 Å². The summed E-state index contributed by atoms with van der Waals surface area (Å²) in [5.74, 6) is -1.10. The van der Waals surface area contributed by atoms with Crippen LogP contribution in [0.5, 0.6) is 0 Å². The number of aliphatic hydroxyl groups is 1. The molecular formula is C13H18F2N2O. The van der Waals surface area contributed by atoms with E-state index < -0.39 is 11.6 Å². The van der Waals surface area contributed by atoms with E-state index in [0.717, 1.165) is 19.0 Å². The van der Waals surface area contributed by atoms with E-state index in [0.29, 0.717) is 18.7 Å². The summed E-state index contributed by atoms with van der Waals surface area (Å²) in [6.07, 6.45) is 0.461. The van der Waals surface area contributed by atoms with E-state index in [1.165, 1.54) is 12.1 Å². The molecule has 0 aromatic heterocycles. The van der Waals surface area contributed by atoms with Crippen molar-refractivity contribution in [2.24, 2.45) is 0 Å². The Hall–Kier alpha value is -1.04. The van der Waals surface area contributed by atoms with E-state index in [9.17, 15) is 13.9 Å². The lowest BCUT2D eigenvalue weighted by molar-refractivity contribution is 0.172. The van der Waals surface area contributed by atoms with E-state index in [1.807, 2.05) is 0 Å². The van der Waals surface area contributed by atoms with Crippen molar-refractivity contribution in [3.8, 4) is 0 Å². The van der Waals surface area contributed by atoms with Crippen LogP contribution in [-0.2, 0) is 0 Å². The van der Waals surface area contributed by atoms with Gasteiger partial charge in [-0.25, -0.2) is 8.78 Å². The maximum absolute atomic E-state index is 13.7. The average Bonchev–Trinajstić information content (AvgIpc) is 2.72. The van der Waals surface area contributed by atoms with Gasteiger partial charge in [-0.05, 0) is 19.5 Å². The summed E-state index contributed by atoms with van der Waals surface area (Å²) < 4.78 is 26.6. The van der Waals surface area contributed by atoms with Crippen molar-refractivity contribution in [1.29, 1.82) is 0 Å². The topological polar surface area (TPSA) is 35.5 Å². The zero-order valence-corrected chi connectivity index (χ0v) is 10.4. The number of β-amino-alcohol motifs (C(OH)–C–C–N with tert-alkyl or cyclic N) is 1. The first-order valence-electron chi connectivity index (χ1n) is 6.12. The van der Waals surface area contributed by atoms with Gasteiger partial charge in [-0.3, -0.25) is 4.90 Å². The largest absolute Gasteiger partial charge is 0.392 e. The molecule has 0 unspecified atom stereocenters. The fraction of sp³-hybridized carbons (Fsp3) is 0.538. The van der Waals surface area contributed by atoms with Gasteiger partial charge in [0.15, 0.2) is 0 Å². The van der Waals surface area contributed by atoms with Gasteiger partial charge in [-0.15, -0.1) is 0 Å². The molecule has 0 aliphatic carbocycles. The van der Waals surface area contributed by atoms with Gasteiger partial charge in [0, 0.05) is 37.3 Å². The van der Waals surface area contributed by atoms with Crippen molar-refractivity contribution < 1.29 is 13.9 Å². The minimum absolute atomic E-state index is 0.198. The molecule has 1 aromatic carbocycles. The molecule has 1 aliphatic rings. The summed E-state index contributed by atoms with van der Waals surface area (Å²) in [6.45, 7) is 2.03. The third kappa shape index (κ3) is 3.04. The first-order chi connectivity index (χ1) is 8.60. The third-order valence-corrected chi connectivity index (χ3v) is 3.37. The Morgan fingerprint density at radius 2 is 2.28 bits per heavy atom.